The van der Waals surface area contributed by atoms with Crippen LogP contribution >= 0.6 is 0 Å². The van der Waals surface area contributed by atoms with Gasteiger partial charge in [-0.2, -0.15) is 0 Å². The van der Waals surface area contributed by atoms with Crippen LogP contribution in [-0.4, -0.2) is 9.13 Å². The summed E-state index contributed by atoms with van der Waals surface area (Å²) < 4.78 is 4.92. The predicted octanol–water partition coefficient (Wildman–Crippen LogP) is 15.8. The lowest BCUT2D eigenvalue weighted by atomic mass is 9.82. The van der Waals surface area contributed by atoms with Crippen molar-refractivity contribution in [1.82, 2.24) is 9.13 Å². The Kier molecular flexibility index (Phi) is 7.74. The topological polar surface area (TPSA) is 9.86 Å². The zero-order valence-electron chi connectivity index (χ0n) is 34.9. The maximum absolute atomic E-state index is 2.52. The Hall–Kier alpha value is -7.42. The number of hydrogen-bond acceptors (Lipinski definition) is 0. The summed E-state index contributed by atoms with van der Waals surface area (Å²) in [4.78, 5) is 0. The van der Waals surface area contributed by atoms with Gasteiger partial charge < -0.3 is 9.13 Å². The second-order valence-electron chi connectivity index (χ2n) is 17.5. The van der Waals surface area contributed by atoms with Gasteiger partial charge in [0.15, 0.2) is 0 Å². The summed E-state index contributed by atoms with van der Waals surface area (Å²) in [5.74, 6) is 0. The van der Waals surface area contributed by atoms with Crippen LogP contribution in [0.15, 0.2) is 194 Å². The smallest absolute Gasteiger partial charge is 0.0544 e. The molecule has 1 aliphatic rings. The van der Waals surface area contributed by atoms with Crippen LogP contribution in [0.4, 0.5) is 0 Å². The summed E-state index contributed by atoms with van der Waals surface area (Å²) in [5, 5.41) is 5.04. The lowest BCUT2D eigenvalue weighted by Crippen LogP contribution is -2.15. The normalized spacial score (nSPS) is 13.0. The molecule has 2 heteroatoms. The van der Waals surface area contributed by atoms with Crippen molar-refractivity contribution < 1.29 is 0 Å². The molecule has 0 saturated heterocycles. The van der Waals surface area contributed by atoms with Crippen LogP contribution in [0.25, 0.3) is 99.5 Å². The number of fused-ring (bicyclic) bond motifs is 9. The summed E-state index contributed by atoms with van der Waals surface area (Å²) >= 11 is 0. The molecule has 1 aliphatic carbocycles. The third kappa shape index (κ3) is 5.35. The molecule has 2 nitrogen and oxygen atoms in total. The van der Waals surface area contributed by atoms with Gasteiger partial charge in [0, 0.05) is 38.3 Å². The maximum atomic E-state index is 2.52. The van der Waals surface area contributed by atoms with Crippen molar-refractivity contribution in [3.05, 3.63) is 216 Å². The summed E-state index contributed by atoms with van der Waals surface area (Å²) in [5.41, 5.74) is 22.4. The molecule has 290 valence electrons. The SMILES string of the molecule is Cc1ccccc1-c1cc(-c2cc(-c3ccc4c(c3)c3ccccc3n4-c3ccccc3)cc(-n3c4ccccc4c4cc5c(cc43)C(C)(C)c3ccccc3-5)c2)ccc1C. The molecule has 0 unspecified atom stereocenters. The zero-order valence-corrected chi connectivity index (χ0v) is 34.9. The third-order valence-electron chi connectivity index (χ3n) is 13.6. The molecular weight excluding hydrogens is 737 g/mol. The van der Waals surface area contributed by atoms with Crippen molar-refractivity contribution in [2.75, 3.05) is 0 Å². The van der Waals surface area contributed by atoms with Crippen molar-refractivity contribution in [3.63, 3.8) is 0 Å². The van der Waals surface area contributed by atoms with Crippen LogP contribution in [0.2, 0.25) is 0 Å². The second kappa shape index (κ2) is 13.3. The molecule has 0 saturated carbocycles. The molecular formula is C59H44N2. The van der Waals surface area contributed by atoms with Crippen LogP contribution in [0, 0.1) is 13.8 Å². The van der Waals surface area contributed by atoms with Crippen molar-refractivity contribution in [1.29, 1.82) is 0 Å². The Morgan fingerprint density at radius 3 is 1.61 bits per heavy atom. The largest absolute Gasteiger partial charge is 0.309 e. The van der Waals surface area contributed by atoms with E-state index in [2.05, 4.69) is 231 Å². The minimum atomic E-state index is -0.114. The first-order chi connectivity index (χ1) is 29.8. The van der Waals surface area contributed by atoms with Gasteiger partial charge in [0.05, 0.1) is 22.1 Å². The van der Waals surface area contributed by atoms with Gasteiger partial charge in [-0.15, -0.1) is 0 Å². The number of aromatic nitrogens is 2. The number of aryl methyl sites for hydroxylation is 2. The van der Waals surface area contributed by atoms with E-state index in [0.717, 1.165) is 5.69 Å². The minimum Gasteiger partial charge on any atom is -0.309 e. The van der Waals surface area contributed by atoms with Crippen LogP contribution in [0.3, 0.4) is 0 Å². The van der Waals surface area contributed by atoms with Crippen molar-refractivity contribution in [2.24, 2.45) is 0 Å². The Balaban J connectivity index is 1.13. The molecule has 12 rings (SSSR count). The highest BCUT2D eigenvalue weighted by atomic mass is 15.0. The van der Waals surface area contributed by atoms with E-state index in [4.69, 9.17) is 0 Å². The van der Waals surface area contributed by atoms with Gasteiger partial charge in [-0.1, -0.05) is 135 Å². The van der Waals surface area contributed by atoms with Crippen LogP contribution in [0.5, 0.6) is 0 Å². The van der Waals surface area contributed by atoms with E-state index in [0.29, 0.717) is 0 Å². The van der Waals surface area contributed by atoms with E-state index >= 15 is 0 Å². The zero-order chi connectivity index (χ0) is 41.0. The monoisotopic (exact) mass is 780 g/mol. The highest BCUT2D eigenvalue weighted by Crippen LogP contribution is 2.51. The molecule has 0 radical (unpaired) electrons. The molecule has 0 N–H and O–H groups in total. The Labute approximate surface area is 356 Å². The first-order valence-corrected chi connectivity index (χ1v) is 21.4. The Bertz CT molecular complexity index is 3580. The van der Waals surface area contributed by atoms with Crippen LogP contribution in [0.1, 0.15) is 36.1 Å². The first-order valence-electron chi connectivity index (χ1n) is 21.4. The van der Waals surface area contributed by atoms with Crippen molar-refractivity contribution in [2.45, 2.75) is 33.1 Å². The molecule has 0 spiro atoms. The number of rotatable bonds is 5. The van der Waals surface area contributed by atoms with E-state index in [9.17, 15) is 0 Å². The number of benzene rings is 9. The van der Waals surface area contributed by atoms with Gasteiger partial charge in [-0.05, 0) is 153 Å². The maximum Gasteiger partial charge on any atom is 0.0544 e. The van der Waals surface area contributed by atoms with Gasteiger partial charge in [0.1, 0.15) is 0 Å². The fraction of sp³-hybridized carbons (Fsp3) is 0.0847. The van der Waals surface area contributed by atoms with Gasteiger partial charge in [0.2, 0.25) is 0 Å². The molecule has 2 heterocycles. The van der Waals surface area contributed by atoms with Crippen molar-refractivity contribution in [3.8, 4) is 55.9 Å². The molecule has 0 aliphatic heterocycles. The van der Waals surface area contributed by atoms with Gasteiger partial charge in [0.25, 0.3) is 0 Å². The number of hydrogen-bond donors (Lipinski definition) is 0. The lowest BCUT2D eigenvalue weighted by Gasteiger charge is -2.22. The van der Waals surface area contributed by atoms with Gasteiger partial charge in [-0.3, -0.25) is 0 Å². The van der Waals surface area contributed by atoms with E-state index in [1.165, 1.54) is 116 Å². The standard InChI is InChI=1S/C59H44N2/c1-37-16-8-9-19-45(37)49-33-39(27-26-38(49)2)41-30-42(40-28-29-57-51(34-40)47-21-11-14-24-55(47)60(57)43-17-6-5-7-18-43)32-44(31-41)61-56-25-15-12-22-48(56)52-35-50-46-20-10-13-23-53(46)59(3,4)54(50)36-58(52)61/h5-36H,1-4H3. The number of para-hydroxylation sites is 3. The van der Waals surface area contributed by atoms with Gasteiger partial charge >= 0.3 is 0 Å². The first kappa shape index (κ1) is 35.5. The lowest BCUT2D eigenvalue weighted by molar-refractivity contribution is 0.661. The molecule has 11 aromatic rings. The summed E-state index contributed by atoms with van der Waals surface area (Å²) in [7, 11) is 0. The fourth-order valence-electron chi connectivity index (χ4n) is 10.5. The molecule has 61 heavy (non-hydrogen) atoms. The highest BCUT2D eigenvalue weighted by molar-refractivity contribution is 6.13. The average Bonchev–Trinajstić information content (AvgIpc) is 3.89. The highest BCUT2D eigenvalue weighted by Gasteiger charge is 2.36. The minimum absolute atomic E-state index is 0.114. The summed E-state index contributed by atoms with van der Waals surface area (Å²) in [6, 6.07) is 72.4. The van der Waals surface area contributed by atoms with Crippen LogP contribution in [-0.2, 0) is 5.41 Å². The van der Waals surface area contributed by atoms with Crippen molar-refractivity contribution >= 4 is 43.6 Å². The molecule has 0 amide bonds. The van der Waals surface area contributed by atoms with E-state index in [1.54, 1.807) is 0 Å². The van der Waals surface area contributed by atoms with Crippen LogP contribution < -0.4 is 0 Å². The molecule has 0 fully saturated rings. The third-order valence-corrected chi connectivity index (χ3v) is 13.6. The summed E-state index contributed by atoms with van der Waals surface area (Å²) in [6.07, 6.45) is 0. The Morgan fingerprint density at radius 2 is 0.869 bits per heavy atom. The molecule has 9 aromatic carbocycles. The fourth-order valence-corrected chi connectivity index (χ4v) is 10.5. The van der Waals surface area contributed by atoms with E-state index in [-0.39, 0.29) is 5.41 Å². The summed E-state index contributed by atoms with van der Waals surface area (Å²) in [6.45, 7) is 9.20. The molecule has 2 aromatic heterocycles. The number of nitrogens with zero attached hydrogens (tertiary/aromatic N) is 2. The molecule has 0 bridgehead atoms. The van der Waals surface area contributed by atoms with Gasteiger partial charge in [-0.25, -0.2) is 0 Å². The predicted molar refractivity (Wildman–Crippen MR) is 258 cm³/mol. The van der Waals surface area contributed by atoms with E-state index in [1.807, 2.05) is 0 Å². The van der Waals surface area contributed by atoms with E-state index < -0.39 is 0 Å². The Morgan fingerprint density at radius 1 is 0.311 bits per heavy atom. The average molecular weight is 781 g/mol. The molecule has 0 atom stereocenters. The second-order valence-corrected chi connectivity index (χ2v) is 17.5. The quantitative estimate of drug-likeness (QED) is 0.165.